The second-order valence-electron chi connectivity index (χ2n) is 10.1. The molecule has 0 spiro atoms. The van der Waals surface area contributed by atoms with Crippen LogP contribution in [0.15, 0.2) is 0 Å². The fraction of sp³-hybridized carbons (Fsp3) is 1.00. The minimum Gasteiger partial charge on any atom is -0.414 e. The van der Waals surface area contributed by atoms with Gasteiger partial charge in [-0.3, -0.25) is 0 Å². The second kappa shape index (κ2) is 6.80. The average molecular weight is 341 g/mol. The Kier molecular flexibility index (Phi) is 5.75. The van der Waals surface area contributed by atoms with Gasteiger partial charge in [-0.1, -0.05) is 47.5 Å². The minimum absolute atomic E-state index is 0.285. The van der Waals surface area contributed by atoms with Gasteiger partial charge in [0.05, 0.1) is 0 Å². The molecule has 0 aliphatic heterocycles. The van der Waals surface area contributed by atoms with Gasteiger partial charge in [0.15, 0.2) is 8.32 Å². The summed E-state index contributed by atoms with van der Waals surface area (Å²) in [7, 11) is -1.71. The van der Waals surface area contributed by atoms with Crippen LogP contribution in [0.1, 0.15) is 73.1 Å². The third kappa shape index (κ3) is 3.72. The summed E-state index contributed by atoms with van der Waals surface area (Å²) in [6, 6.07) is 0. The zero-order chi connectivity index (χ0) is 17.5. The molecule has 3 heteroatoms. The van der Waals surface area contributed by atoms with E-state index in [-0.39, 0.29) is 5.04 Å². The standard InChI is InChI=1S/C20H40O2Si/c1-15(14-21)16-10-8-11-17-18(12-9-13-20(16,17)5)22-23(6,7)19(2,3)4/h15-18,21H,8-14H2,1-7H3/t15?,16-,17+,18+,20-/m1/s1. The van der Waals surface area contributed by atoms with Gasteiger partial charge in [0.1, 0.15) is 0 Å². The Balaban J connectivity index is 2.21. The fourth-order valence-electron chi connectivity index (χ4n) is 5.12. The molecule has 2 aliphatic carbocycles. The molecule has 2 aliphatic rings. The SMILES string of the molecule is CC(CO)[C@H]1CCC[C@H]2[C@@H](O[Si](C)(C)C(C)(C)C)CCC[C@]12C. The third-order valence-electron chi connectivity index (χ3n) is 7.60. The van der Waals surface area contributed by atoms with Crippen LogP contribution in [0.4, 0.5) is 0 Å². The minimum atomic E-state index is -1.71. The van der Waals surface area contributed by atoms with E-state index in [0.717, 1.165) is 0 Å². The zero-order valence-electron chi connectivity index (χ0n) is 16.6. The van der Waals surface area contributed by atoms with Crippen LogP contribution in [0.5, 0.6) is 0 Å². The van der Waals surface area contributed by atoms with E-state index in [1.54, 1.807) is 0 Å². The maximum Gasteiger partial charge on any atom is 0.192 e. The molecule has 5 atom stereocenters. The molecule has 0 amide bonds. The van der Waals surface area contributed by atoms with Gasteiger partial charge in [-0.15, -0.1) is 0 Å². The third-order valence-corrected chi connectivity index (χ3v) is 12.1. The van der Waals surface area contributed by atoms with Crippen LogP contribution in [-0.4, -0.2) is 26.1 Å². The van der Waals surface area contributed by atoms with Crippen LogP contribution in [0.3, 0.4) is 0 Å². The smallest absolute Gasteiger partial charge is 0.192 e. The Bertz CT molecular complexity index is 401. The van der Waals surface area contributed by atoms with Crippen molar-refractivity contribution in [2.24, 2.45) is 23.2 Å². The molecule has 1 unspecified atom stereocenters. The largest absolute Gasteiger partial charge is 0.414 e. The van der Waals surface area contributed by atoms with Crippen molar-refractivity contribution in [2.45, 2.75) is 97.4 Å². The highest BCUT2D eigenvalue weighted by atomic mass is 28.4. The maximum absolute atomic E-state index is 9.73. The molecule has 0 heterocycles. The highest BCUT2D eigenvalue weighted by molar-refractivity contribution is 6.74. The number of rotatable bonds is 4. The topological polar surface area (TPSA) is 29.5 Å². The molecule has 0 bridgehead atoms. The van der Waals surface area contributed by atoms with E-state index in [1.165, 1.54) is 38.5 Å². The lowest BCUT2D eigenvalue weighted by Gasteiger charge is -2.56. The molecule has 0 saturated heterocycles. The van der Waals surface area contributed by atoms with Crippen LogP contribution in [0.2, 0.25) is 18.1 Å². The van der Waals surface area contributed by atoms with Gasteiger partial charge in [-0.25, -0.2) is 0 Å². The average Bonchev–Trinajstić information content (AvgIpc) is 2.44. The van der Waals surface area contributed by atoms with Crippen molar-refractivity contribution < 1.29 is 9.53 Å². The molecule has 136 valence electrons. The fourth-order valence-corrected chi connectivity index (χ4v) is 6.51. The second-order valence-corrected chi connectivity index (χ2v) is 14.9. The molecule has 23 heavy (non-hydrogen) atoms. The van der Waals surface area contributed by atoms with E-state index < -0.39 is 8.32 Å². The molecule has 0 radical (unpaired) electrons. The molecular formula is C20H40O2Si. The summed E-state index contributed by atoms with van der Waals surface area (Å²) in [5.74, 6) is 1.78. The number of hydrogen-bond acceptors (Lipinski definition) is 2. The number of aliphatic hydroxyl groups excluding tert-OH is 1. The highest BCUT2D eigenvalue weighted by Crippen LogP contribution is 2.57. The lowest BCUT2D eigenvalue weighted by molar-refractivity contribution is -0.0919. The summed E-state index contributed by atoms with van der Waals surface area (Å²) >= 11 is 0. The maximum atomic E-state index is 9.73. The van der Waals surface area contributed by atoms with Crippen LogP contribution >= 0.6 is 0 Å². The summed E-state index contributed by atoms with van der Waals surface area (Å²) in [4.78, 5) is 0. The molecule has 0 aromatic carbocycles. The lowest BCUT2D eigenvalue weighted by Crippen LogP contribution is -2.54. The van der Waals surface area contributed by atoms with Crippen LogP contribution in [-0.2, 0) is 4.43 Å². The van der Waals surface area contributed by atoms with Crippen molar-refractivity contribution >= 4 is 8.32 Å². The van der Waals surface area contributed by atoms with Crippen molar-refractivity contribution in [1.29, 1.82) is 0 Å². The van der Waals surface area contributed by atoms with Gasteiger partial charge in [0, 0.05) is 12.7 Å². The number of fused-ring (bicyclic) bond motifs is 1. The molecule has 2 saturated carbocycles. The van der Waals surface area contributed by atoms with Crippen LogP contribution in [0, 0.1) is 23.2 Å². The summed E-state index contributed by atoms with van der Waals surface area (Å²) < 4.78 is 6.92. The van der Waals surface area contributed by atoms with Gasteiger partial charge in [0.2, 0.25) is 0 Å². The van der Waals surface area contributed by atoms with Gasteiger partial charge in [-0.05, 0) is 67.0 Å². The summed E-state index contributed by atoms with van der Waals surface area (Å²) in [5.41, 5.74) is 0.367. The molecular weight excluding hydrogens is 300 g/mol. The van der Waals surface area contributed by atoms with E-state index in [9.17, 15) is 5.11 Å². The van der Waals surface area contributed by atoms with Crippen molar-refractivity contribution in [3.05, 3.63) is 0 Å². The first-order valence-corrected chi connectivity index (χ1v) is 12.7. The molecule has 0 aromatic rings. The normalized spacial score (nSPS) is 37.3. The highest BCUT2D eigenvalue weighted by Gasteiger charge is 2.52. The number of hydrogen-bond donors (Lipinski definition) is 1. The van der Waals surface area contributed by atoms with Crippen molar-refractivity contribution in [1.82, 2.24) is 0 Å². The number of aliphatic hydroxyl groups is 1. The molecule has 0 aromatic heterocycles. The molecule has 2 rings (SSSR count). The monoisotopic (exact) mass is 340 g/mol. The summed E-state index contributed by atoms with van der Waals surface area (Å²) in [5, 5.41) is 10.0. The first-order chi connectivity index (χ1) is 10.5. The van der Waals surface area contributed by atoms with Crippen LogP contribution < -0.4 is 0 Å². The Morgan fingerprint density at radius 1 is 1.17 bits per heavy atom. The Hall–Kier alpha value is 0.137. The first kappa shape index (κ1) is 19.5. The Labute approximate surface area is 145 Å². The van der Waals surface area contributed by atoms with E-state index in [1.807, 2.05) is 0 Å². The predicted octanol–water partition coefficient (Wildman–Crippen LogP) is 5.61. The zero-order valence-corrected chi connectivity index (χ0v) is 17.6. The van der Waals surface area contributed by atoms with Gasteiger partial charge >= 0.3 is 0 Å². The first-order valence-electron chi connectivity index (χ1n) is 9.81. The van der Waals surface area contributed by atoms with E-state index >= 15 is 0 Å². The van der Waals surface area contributed by atoms with Crippen molar-refractivity contribution in [3.8, 4) is 0 Å². The summed E-state index contributed by atoms with van der Waals surface area (Å²) in [6.45, 7) is 16.9. The van der Waals surface area contributed by atoms with Crippen molar-refractivity contribution in [3.63, 3.8) is 0 Å². The molecule has 2 nitrogen and oxygen atoms in total. The van der Waals surface area contributed by atoms with Crippen LogP contribution in [0.25, 0.3) is 0 Å². The summed E-state index contributed by atoms with van der Waals surface area (Å²) in [6.07, 6.45) is 8.24. The molecule has 2 fully saturated rings. The van der Waals surface area contributed by atoms with Gasteiger partial charge in [0.25, 0.3) is 0 Å². The van der Waals surface area contributed by atoms with Crippen molar-refractivity contribution in [2.75, 3.05) is 6.61 Å². The van der Waals surface area contributed by atoms with Gasteiger partial charge < -0.3 is 9.53 Å². The van der Waals surface area contributed by atoms with Gasteiger partial charge in [-0.2, -0.15) is 0 Å². The molecule has 1 N–H and O–H groups in total. The Morgan fingerprint density at radius 3 is 2.39 bits per heavy atom. The van der Waals surface area contributed by atoms with E-state index in [4.69, 9.17) is 4.43 Å². The Morgan fingerprint density at radius 2 is 1.83 bits per heavy atom. The van der Waals surface area contributed by atoms with E-state index in [2.05, 4.69) is 47.7 Å². The lowest BCUT2D eigenvalue weighted by atomic mass is 9.52. The quantitative estimate of drug-likeness (QED) is 0.674. The predicted molar refractivity (Wildman–Crippen MR) is 101 cm³/mol. The van der Waals surface area contributed by atoms with E-state index in [0.29, 0.717) is 35.9 Å².